The van der Waals surface area contributed by atoms with Crippen LogP contribution in [0.1, 0.15) is 10.6 Å². The van der Waals surface area contributed by atoms with Gasteiger partial charge in [-0.15, -0.1) is 11.6 Å². The quantitative estimate of drug-likeness (QED) is 0.854. The average Bonchev–Trinajstić information content (AvgIpc) is 2.90. The molecule has 1 amide bonds. The third kappa shape index (κ3) is 2.53. The monoisotopic (exact) mass is 313 g/mol. The molecule has 1 aliphatic heterocycles. The van der Waals surface area contributed by atoms with Crippen LogP contribution in [0.25, 0.3) is 11.0 Å². The van der Waals surface area contributed by atoms with E-state index in [0.29, 0.717) is 5.58 Å². The SMILES string of the molecule is O=C(NC1CS(=O)(=O)CC1Cl)c1cc2ccccc2o1. The van der Waals surface area contributed by atoms with Gasteiger partial charge in [-0.05, 0) is 12.1 Å². The number of sulfone groups is 1. The lowest BCUT2D eigenvalue weighted by Crippen LogP contribution is -2.40. The number of carbonyl (C=O) groups is 1. The number of fused-ring (bicyclic) bond motifs is 1. The Kier molecular flexibility index (Phi) is 3.22. The third-order valence-corrected chi connectivity index (χ3v) is 5.62. The van der Waals surface area contributed by atoms with Crippen LogP contribution < -0.4 is 5.32 Å². The number of halogens is 1. The van der Waals surface area contributed by atoms with Crippen molar-refractivity contribution in [2.45, 2.75) is 11.4 Å². The van der Waals surface area contributed by atoms with Crippen molar-refractivity contribution in [3.8, 4) is 0 Å². The van der Waals surface area contributed by atoms with Gasteiger partial charge in [0.25, 0.3) is 5.91 Å². The minimum absolute atomic E-state index is 0.111. The second-order valence-electron chi connectivity index (χ2n) is 4.82. The van der Waals surface area contributed by atoms with Crippen molar-refractivity contribution < 1.29 is 17.6 Å². The van der Waals surface area contributed by atoms with E-state index in [4.69, 9.17) is 16.0 Å². The van der Waals surface area contributed by atoms with Crippen molar-refractivity contribution in [1.29, 1.82) is 0 Å². The largest absolute Gasteiger partial charge is 0.451 e. The normalized spacial score (nSPS) is 24.9. The summed E-state index contributed by atoms with van der Waals surface area (Å²) < 4.78 is 28.3. The average molecular weight is 314 g/mol. The van der Waals surface area contributed by atoms with Gasteiger partial charge in [0.05, 0.1) is 22.9 Å². The van der Waals surface area contributed by atoms with Crippen LogP contribution >= 0.6 is 11.6 Å². The first-order valence-electron chi connectivity index (χ1n) is 6.08. The third-order valence-electron chi connectivity index (χ3n) is 3.25. The lowest BCUT2D eigenvalue weighted by atomic mass is 10.2. The molecule has 0 saturated carbocycles. The zero-order valence-electron chi connectivity index (χ0n) is 10.4. The lowest BCUT2D eigenvalue weighted by Gasteiger charge is -2.12. The topological polar surface area (TPSA) is 76.4 Å². The Bertz CT molecular complexity index is 735. The summed E-state index contributed by atoms with van der Waals surface area (Å²) in [5, 5.41) is 2.83. The molecule has 0 radical (unpaired) electrons. The molecule has 7 heteroatoms. The molecule has 1 aromatic heterocycles. The number of nitrogens with one attached hydrogen (secondary N) is 1. The Labute approximate surface area is 120 Å². The first kappa shape index (κ1) is 13.5. The van der Waals surface area contributed by atoms with Crippen LogP contribution in [-0.4, -0.2) is 37.2 Å². The number of hydrogen-bond donors (Lipinski definition) is 1. The van der Waals surface area contributed by atoms with E-state index in [1.54, 1.807) is 12.1 Å². The van der Waals surface area contributed by atoms with Crippen molar-refractivity contribution in [2.24, 2.45) is 0 Å². The van der Waals surface area contributed by atoms with Gasteiger partial charge in [-0.1, -0.05) is 18.2 Å². The molecule has 20 heavy (non-hydrogen) atoms. The number of amides is 1. The number of alkyl halides is 1. The fraction of sp³-hybridized carbons (Fsp3) is 0.308. The molecule has 2 atom stereocenters. The van der Waals surface area contributed by atoms with Crippen LogP contribution in [0.4, 0.5) is 0 Å². The number of carbonyl (C=O) groups excluding carboxylic acids is 1. The van der Waals surface area contributed by atoms with Gasteiger partial charge in [-0.25, -0.2) is 8.42 Å². The first-order chi connectivity index (χ1) is 9.44. The molecule has 0 spiro atoms. The maximum atomic E-state index is 12.1. The lowest BCUT2D eigenvalue weighted by molar-refractivity contribution is 0.0916. The zero-order chi connectivity index (χ0) is 14.3. The van der Waals surface area contributed by atoms with Gasteiger partial charge in [0, 0.05) is 5.39 Å². The Morgan fingerprint density at radius 2 is 2.05 bits per heavy atom. The zero-order valence-corrected chi connectivity index (χ0v) is 11.9. The number of para-hydroxylation sites is 1. The summed E-state index contributed by atoms with van der Waals surface area (Å²) in [5.41, 5.74) is 0.610. The van der Waals surface area contributed by atoms with E-state index in [2.05, 4.69) is 5.32 Å². The molecule has 1 N–H and O–H groups in total. The van der Waals surface area contributed by atoms with Gasteiger partial charge >= 0.3 is 0 Å². The van der Waals surface area contributed by atoms with E-state index >= 15 is 0 Å². The van der Waals surface area contributed by atoms with Crippen molar-refractivity contribution >= 4 is 38.3 Å². The molecule has 106 valence electrons. The van der Waals surface area contributed by atoms with Crippen molar-refractivity contribution in [3.63, 3.8) is 0 Å². The van der Waals surface area contributed by atoms with Gasteiger partial charge in [-0.3, -0.25) is 4.79 Å². The van der Waals surface area contributed by atoms with Crippen LogP contribution in [0.15, 0.2) is 34.7 Å². The van der Waals surface area contributed by atoms with E-state index in [1.807, 2.05) is 18.2 Å². The standard InChI is InChI=1S/C13H12ClNO4S/c14-9-6-20(17,18)7-10(9)15-13(16)12-5-8-3-1-2-4-11(8)19-12/h1-5,9-10H,6-7H2,(H,15,16). The molecule has 2 unspecified atom stereocenters. The highest BCUT2D eigenvalue weighted by Gasteiger charge is 2.37. The molecule has 3 rings (SSSR count). The highest BCUT2D eigenvalue weighted by atomic mass is 35.5. The molecular weight excluding hydrogens is 302 g/mol. The smallest absolute Gasteiger partial charge is 0.287 e. The van der Waals surface area contributed by atoms with Crippen molar-refractivity contribution in [2.75, 3.05) is 11.5 Å². The summed E-state index contributed by atoms with van der Waals surface area (Å²) in [4.78, 5) is 12.1. The summed E-state index contributed by atoms with van der Waals surface area (Å²) in [6.45, 7) is 0. The molecule has 1 saturated heterocycles. The minimum Gasteiger partial charge on any atom is -0.451 e. The highest BCUT2D eigenvalue weighted by Crippen LogP contribution is 2.21. The number of furan rings is 1. The molecule has 1 fully saturated rings. The Balaban J connectivity index is 1.79. The second kappa shape index (κ2) is 4.79. The number of rotatable bonds is 2. The van der Waals surface area contributed by atoms with Crippen molar-refractivity contribution in [3.05, 3.63) is 36.1 Å². The van der Waals surface area contributed by atoms with Crippen LogP contribution in [0.3, 0.4) is 0 Å². The van der Waals surface area contributed by atoms with Crippen LogP contribution in [0.5, 0.6) is 0 Å². The Hall–Kier alpha value is -1.53. The van der Waals surface area contributed by atoms with Crippen molar-refractivity contribution in [1.82, 2.24) is 5.32 Å². The molecule has 1 aliphatic rings. The molecule has 2 heterocycles. The van der Waals surface area contributed by atoms with E-state index in [0.717, 1.165) is 5.39 Å². The van der Waals surface area contributed by atoms with E-state index in [-0.39, 0.29) is 17.3 Å². The Morgan fingerprint density at radius 1 is 1.30 bits per heavy atom. The van der Waals surface area contributed by atoms with Gasteiger partial charge in [-0.2, -0.15) is 0 Å². The second-order valence-corrected chi connectivity index (χ2v) is 7.54. The molecule has 1 aromatic carbocycles. The molecule has 0 aliphatic carbocycles. The fourth-order valence-electron chi connectivity index (χ4n) is 2.27. The number of hydrogen-bond acceptors (Lipinski definition) is 4. The molecule has 2 aromatic rings. The van der Waals surface area contributed by atoms with Gasteiger partial charge in [0.1, 0.15) is 5.58 Å². The summed E-state index contributed by atoms with van der Waals surface area (Å²) in [7, 11) is -3.17. The minimum atomic E-state index is -3.17. The summed E-state index contributed by atoms with van der Waals surface area (Å²) in [6.07, 6.45) is 0. The summed E-state index contributed by atoms with van der Waals surface area (Å²) >= 11 is 5.95. The predicted octanol–water partition coefficient (Wildman–Crippen LogP) is 1.57. The van der Waals surface area contributed by atoms with Crippen LogP contribution in [0.2, 0.25) is 0 Å². The summed E-state index contributed by atoms with van der Waals surface area (Å²) in [6, 6.07) is 8.29. The predicted molar refractivity (Wildman–Crippen MR) is 75.8 cm³/mol. The van der Waals surface area contributed by atoms with E-state index in [1.165, 1.54) is 0 Å². The maximum absolute atomic E-state index is 12.1. The van der Waals surface area contributed by atoms with Gasteiger partial charge < -0.3 is 9.73 Å². The van der Waals surface area contributed by atoms with Gasteiger partial charge in [0.15, 0.2) is 15.6 Å². The maximum Gasteiger partial charge on any atom is 0.287 e. The van der Waals surface area contributed by atoms with Gasteiger partial charge in [0.2, 0.25) is 0 Å². The molecule has 5 nitrogen and oxygen atoms in total. The highest BCUT2D eigenvalue weighted by molar-refractivity contribution is 7.91. The van der Waals surface area contributed by atoms with E-state index in [9.17, 15) is 13.2 Å². The van der Waals surface area contributed by atoms with Crippen LogP contribution in [-0.2, 0) is 9.84 Å². The Morgan fingerprint density at radius 3 is 2.70 bits per heavy atom. The number of benzene rings is 1. The molecule has 0 bridgehead atoms. The first-order valence-corrected chi connectivity index (χ1v) is 8.34. The fourth-order valence-corrected chi connectivity index (χ4v) is 4.82. The van der Waals surface area contributed by atoms with E-state index < -0.39 is 27.2 Å². The van der Waals surface area contributed by atoms with Crippen LogP contribution in [0, 0.1) is 0 Å². The molecular formula is C13H12ClNO4S. The summed E-state index contributed by atoms with van der Waals surface area (Å²) in [5.74, 6) is -0.541.